The summed E-state index contributed by atoms with van der Waals surface area (Å²) >= 11 is 0. The summed E-state index contributed by atoms with van der Waals surface area (Å²) in [5.74, 6) is 0.234. The summed E-state index contributed by atoms with van der Waals surface area (Å²) in [5.41, 5.74) is 7.87. The van der Waals surface area contributed by atoms with Crippen LogP contribution in [0.5, 0.6) is 0 Å². The number of hydrogen-bond acceptors (Lipinski definition) is 5. The number of hydrogen-bond donors (Lipinski definition) is 1. The van der Waals surface area contributed by atoms with E-state index in [0.717, 1.165) is 57.8 Å². The molecule has 32 heavy (non-hydrogen) atoms. The Morgan fingerprint density at radius 3 is 2.53 bits per heavy atom. The molecular weight excluding hydrogens is 396 g/mol. The van der Waals surface area contributed by atoms with Gasteiger partial charge >= 0.3 is 0 Å². The standard InChI is InChI=1S/C27H30N4O/c1-6-27(20-9-7-8-18(12-20)19-10-16(2)29-17(3)11-19)21-15-28-31-25(21)30-22-13-26(4,5)14-23(32)24(22)27/h7-12,15,25,30H,6,13-14H2,1-5H3/t25?,27-/m0/s1. The normalized spacial score (nSPS) is 25.8. The third kappa shape index (κ3) is 3.14. The first-order chi connectivity index (χ1) is 15.2. The van der Waals surface area contributed by atoms with E-state index in [1.54, 1.807) is 0 Å². The molecule has 1 aromatic heterocycles. The predicted octanol–water partition coefficient (Wildman–Crippen LogP) is 5.94. The number of aromatic nitrogens is 1. The Kier molecular flexibility index (Phi) is 4.70. The van der Waals surface area contributed by atoms with Crippen molar-refractivity contribution in [1.82, 2.24) is 10.3 Å². The van der Waals surface area contributed by atoms with Gasteiger partial charge in [0.15, 0.2) is 11.9 Å². The minimum absolute atomic E-state index is 0.0622. The first-order valence-electron chi connectivity index (χ1n) is 11.4. The van der Waals surface area contributed by atoms with Gasteiger partial charge in [-0.05, 0) is 67.0 Å². The molecule has 0 bridgehead atoms. The van der Waals surface area contributed by atoms with Gasteiger partial charge in [-0.15, -0.1) is 0 Å². The number of aryl methyl sites for hydroxylation is 2. The molecule has 164 valence electrons. The Bertz CT molecular complexity index is 1200. The molecule has 0 saturated carbocycles. The van der Waals surface area contributed by atoms with E-state index in [9.17, 15) is 4.79 Å². The van der Waals surface area contributed by atoms with Crippen LogP contribution in [0, 0.1) is 19.3 Å². The molecule has 0 amide bonds. The molecular formula is C27H30N4O. The van der Waals surface area contributed by atoms with Crippen molar-refractivity contribution in [3.63, 3.8) is 0 Å². The van der Waals surface area contributed by atoms with Gasteiger partial charge in [-0.3, -0.25) is 9.78 Å². The van der Waals surface area contributed by atoms with Crippen LogP contribution in [0.2, 0.25) is 0 Å². The molecule has 3 aliphatic rings. The average Bonchev–Trinajstić information content (AvgIpc) is 3.19. The lowest BCUT2D eigenvalue weighted by molar-refractivity contribution is -0.119. The highest BCUT2D eigenvalue weighted by molar-refractivity contribution is 6.01. The van der Waals surface area contributed by atoms with Crippen LogP contribution in [0.1, 0.15) is 57.0 Å². The number of allylic oxidation sites excluding steroid dienone is 2. The maximum absolute atomic E-state index is 13.6. The minimum atomic E-state index is -0.518. The summed E-state index contributed by atoms with van der Waals surface area (Å²) in [4.78, 5) is 18.2. The SMILES string of the molecule is CC[C@]1(c2cccc(-c3cc(C)nc(C)c3)c2)C2=CN=NC2NC2=C1C(=O)CC(C)(C)C2. The number of pyridine rings is 1. The predicted molar refractivity (Wildman–Crippen MR) is 126 cm³/mol. The van der Waals surface area contributed by atoms with E-state index in [0.29, 0.717) is 6.42 Å². The number of benzene rings is 1. The van der Waals surface area contributed by atoms with Crippen molar-refractivity contribution in [2.75, 3.05) is 0 Å². The molecule has 5 nitrogen and oxygen atoms in total. The molecule has 2 aliphatic heterocycles. The number of rotatable bonds is 3. The third-order valence-corrected chi connectivity index (χ3v) is 7.08. The van der Waals surface area contributed by atoms with E-state index in [-0.39, 0.29) is 17.4 Å². The number of ketones is 1. The fourth-order valence-corrected chi connectivity index (χ4v) is 5.86. The summed E-state index contributed by atoms with van der Waals surface area (Å²) < 4.78 is 0. The number of nitrogens with one attached hydrogen (secondary N) is 1. The molecule has 1 unspecified atom stereocenters. The lowest BCUT2D eigenvalue weighted by atomic mass is 9.58. The van der Waals surface area contributed by atoms with Gasteiger partial charge in [-0.1, -0.05) is 39.0 Å². The van der Waals surface area contributed by atoms with Crippen molar-refractivity contribution in [3.05, 3.63) is 76.4 Å². The molecule has 5 heteroatoms. The van der Waals surface area contributed by atoms with E-state index in [1.165, 1.54) is 0 Å². The molecule has 2 atom stereocenters. The van der Waals surface area contributed by atoms with Crippen LogP contribution in [-0.4, -0.2) is 16.9 Å². The van der Waals surface area contributed by atoms with Crippen LogP contribution in [0.3, 0.4) is 0 Å². The Morgan fingerprint density at radius 2 is 1.81 bits per heavy atom. The summed E-state index contributed by atoms with van der Waals surface area (Å²) in [7, 11) is 0. The lowest BCUT2D eigenvalue weighted by Gasteiger charge is -2.47. The number of fused-ring (bicyclic) bond motifs is 1. The van der Waals surface area contributed by atoms with Gasteiger partial charge in [0.2, 0.25) is 0 Å². The van der Waals surface area contributed by atoms with Crippen LogP contribution in [0.25, 0.3) is 11.1 Å². The maximum Gasteiger partial charge on any atom is 0.164 e. The highest BCUT2D eigenvalue weighted by Gasteiger charge is 2.52. The Labute approximate surface area is 189 Å². The van der Waals surface area contributed by atoms with Gasteiger partial charge in [0.1, 0.15) is 0 Å². The van der Waals surface area contributed by atoms with Gasteiger partial charge in [-0.2, -0.15) is 10.2 Å². The summed E-state index contributed by atoms with van der Waals surface area (Å²) in [5, 5.41) is 12.3. The van der Waals surface area contributed by atoms with Crippen molar-refractivity contribution in [2.24, 2.45) is 15.6 Å². The molecule has 0 saturated heterocycles. The van der Waals surface area contributed by atoms with Crippen molar-refractivity contribution < 1.29 is 4.79 Å². The quantitative estimate of drug-likeness (QED) is 0.661. The van der Waals surface area contributed by atoms with Crippen LogP contribution < -0.4 is 5.32 Å². The van der Waals surface area contributed by atoms with Crippen molar-refractivity contribution in [2.45, 2.75) is 65.5 Å². The van der Waals surface area contributed by atoms with E-state index < -0.39 is 5.41 Å². The molecule has 0 radical (unpaired) electrons. The van der Waals surface area contributed by atoms with Crippen LogP contribution in [0.15, 0.2) is 69.7 Å². The molecule has 0 fully saturated rings. The fraction of sp³-hybridized carbons (Fsp3) is 0.407. The maximum atomic E-state index is 13.6. The minimum Gasteiger partial charge on any atom is -0.362 e. The molecule has 1 N–H and O–H groups in total. The fourth-order valence-electron chi connectivity index (χ4n) is 5.86. The Morgan fingerprint density at radius 1 is 1.06 bits per heavy atom. The van der Waals surface area contributed by atoms with E-state index in [1.807, 2.05) is 20.0 Å². The monoisotopic (exact) mass is 426 g/mol. The summed E-state index contributed by atoms with van der Waals surface area (Å²) in [6.45, 7) is 10.6. The van der Waals surface area contributed by atoms with Crippen LogP contribution in [-0.2, 0) is 10.2 Å². The smallest absolute Gasteiger partial charge is 0.164 e. The zero-order valence-electron chi connectivity index (χ0n) is 19.5. The first kappa shape index (κ1) is 20.8. The van der Waals surface area contributed by atoms with Crippen molar-refractivity contribution >= 4 is 5.78 Å². The number of carbonyl (C=O) groups is 1. The van der Waals surface area contributed by atoms with Crippen LogP contribution >= 0.6 is 0 Å². The summed E-state index contributed by atoms with van der Waals surface area (Å²) in [6.07, 6.45) is 3.85. The van der Waals surface area contributed by atoms with Crippen molar-refractivity contribution in [3.8, 4) is 11.1 Å². The molecule has 3 heterocycles. The highest BCUT2D eigenvalue weighted by Crippen LogP contribution is 2.54. The molecule has 5 rings (SSSR count). The van der Waals surface area contributed by atoms with Gasteiger partial charge in [0, 0.05) is 34.7 Å². The zero-order chi connectivity index (χ0) is 22.7. The van der Waals surface area contributed by atoms with Gasteiger partial charge in [0.25, 0.3) is 0 Å². The zero-order valence-corrected chi connectivity index (χ0v) is 19.5. The molecule has 1 aromatic carbocycles. The first-order valence-corrected chi connectivity index (χ1v) is 11.4. The van der Waals surface area contributed by atoms with E-state index in [4.69, 9.17) is 0 Å². The largest absolute Gasteiger partial charge is 0.362 e. The van der Waals surface area contributed by atoms with Gasteiger partial charge < -0.3 is 5.32 Å². The lowest BCUT2D eigenvalue weighted by Crippen LogP contribution is -2.51. The average molecular weight is 427 g/mol. The van der Waals surface area contributed by atoms with E-state index >= 15 is 0 Å². The second kappa shape index (κ2) is 7.22. The highest BCUT2D eigenvalue weighted by atomic mass is 16.1. The number of carbonyl (C=O) groups excluding carboxylic acids is 1. The molecule has 2 aromatic rings. The van der Waals surface area contributed by atoms with E-state index in [2.05, 4.69) is 77.7 Å². The van der Waals surface area contributed by atoms with Crippen LogP contribution in [0.4, 0.5) is 0 Å². The third-order valence-electron chi connectivity index (χ3n) is 7.08. The topological polar surface area (TPSA) is 66.7 Å². The second-order valence-corrected chi connectivity index (χ2v) is 10.1. The molecule has 0 spiro atoms. The second-order valence-electron chi connectivity index (χ2n) is 10.1. The van der Waals surface area contributed by atoms with Gasteiger partial charge in [-0.25, -0.2) is 0 Å². The molecule has 1 aliphatic carbocycles. The number of Topliss-reactive ketones (excluding diaryl/α,β-unsaturated/α-hetero) is 1. The van der Waals surface area contributed by atoms with Crippen molar-refractivity contribution in [1.29, 1.82) is 0 Å². The number of azo groups is 1. The summed E-state index contributed by atoms with van der Waals surface area (Å²) in [6, 6.07) is 12.9. The Hall–Kier alpha value is -3.08. The van der Waals surface area contributed by atoms with Gasteiger partial charge in [0.05, 0.1) is 11.6 Å². The number of nitrogens with zero attached hydrogens (tertiary/aromatic N) is 3. The Balaban J connectivity index is 1.73.